The van der Waals surface area contributed by atoms with Crippen molar-refractivity contribution in [1.82, 2.24) is 4.90 Å². The Morgan fingerprint density at radius 2 is 1.71 bits per heavy atom. The van der Waals surface area contributed by atoms with E-state index in [2.05, 4.69) is 5.32 Å². The summed E-state index contributed by atoms with van der Waals surface area (Å²) in [7, 11) is 0. The summed E-state index contributed by atoms with van der Waals surface area (Å²) < 4.78 is 0. The molecule has 0 saturated heterocycles. The van der Waals surface area contributed by atoms with E-state index < -0.39 is 0 Å². The van der Waals surface area contributed by atoms with Gasteiger partial charge in [0.15, 0.2) is 0 Å². The van der Waals surface area contributed by atoms with E-state index in [4.69, 9.17) is 0 Å². The Bertz CT molecular complexity index is 749. The molecule has 1 N–H and O–H groups in total. The van der Waals surface area contributed by atoms with Gasteiger partial charge in [-0.25, -0.2) is 0 Å². The van der Waals surface area contributed by atoms with Gasteiger partial charge in [0, 0.05) is 29.9 Å². The molecule has 2 aromatic carbocycles. The molecule has 0 aliphatic carbocycles. The van der Waals surface area contributed by atoms with Crippen LogP contribution in [0.1, 0.15) is 45.7 Å². The van der Waals surface area contributed by atoms with Crippen molar-refractivity contribution in [2.45, 2.75) is 27.7 Å². The number of nitrogens with zero attached hydrogens (tertiary/aromatic N) is 1. The van der Waals surface area contributed by atoms with E-state index >= 15 is 0 Å². The van der Waals surface area contributed by atoms with Gasteiger partial charge in [-0.05, 0) is 57.5 Å². The van der Waals surface area contributed by atoms with Crippen LogP contribution in [0.25, 0.3) is 0 Å². The Balaban J connectivity index is 2.20. The van der Waals surface area contributed by atoms with Crippen LogP contribution in [0.3, 0.4) is 0 Å². The number of hydrogen-bond donors (Lipinski definition) is 1. The predicted molar refractivity (Wildman–Crippen MR) is 97.6 cm³/mol. The summed E-state index contributed by atoms with van der Waals surface area (Å²) in [5.41, 5.74) is 3.90. The van der Waals surface area contributed by atoms with Gasteiger partial charge >= 0.3 is 0 Å². The Morgan fingerprint density at radius 3 is 2.33 bits per heavy atom. The van der Waals surface area contributed by atoms with Crippen LogP contribution in [-0.2, 0) is 0 Å². The normalized spacial score (nSPS) is 10.3. The van der Waals surface area contributed by atoms with Crippen LogP contribution in [0.2, 0.25) is 0 Å². The maximum Gasteiger partial charge on any atom is 0.255 e. The molecule has 0 unspecified atom stereocenters. The highest BCUT2D eigenvalue weighted by Crippen LogP contribution is 2.16. The topological polar surface area (TPSA) is 49.4 Å². The van der Waals surface area contributed by atoms with Crippen molar-refractivity contribution in [3.63, 3.8) is 0 Å². The number of hydrogen-bond acceptors (Lipinski definition) is 2. The lowest BCUT2D eigenvalue weighted by molar-refractivity contribution is 0.0772. The Hall–Kier alpha value is -2.62. The molecule has 0 aliphatic heterocycles. The van der Waals surface area contributed by atoms with Crippen LogP contribution < -0.4 is 5.32 Å². The van der Waals surface area contributed by atoms with Crippen LogP contribution in [-0.4, -0.2) is 29.8 Å². The molecule has 2 rings (SSSR count). The van der Waals surface area contributed by atoms with Gasteiger partial charge in [0.2, 0.25) is 0 Å². The van der Waals surface area contributed by atoms with Gasteiger partial charge in [-0.3, -0.25) is 9.59 Å². The van der Waals surface area contributed by atoms with Crippen molar-refractivity contribution >= 4 is 17.5 Å². The third-order valence-corrected chi connectivity index (χ3v) is 4.04. The summed E-state index contributed by atoms with van der Waals surface area (Å²) in [5, 5.41) is 2.88. The average molecular weight is 324 g/mol. The minimum atomic E-state index is -0.167. The van der Waals surface area contributed by atoms with Gasteiger partial charge in [0.25, 0.3) is 11.8 Å². The van der Waals surface area contributed by atoms with Crippen molar-refractivity contribution in [3.05, 3.63) is 64.7 Å². The summed E-state index contributed by atoms with van der Waals surface area (Å²) in [6.07, 6.45) is 0. The highest BCUT2D eigenvalue weighted by atomic mass is 16.2. The van der Waals surface area contributed by atoms with Crippen molar-refractivity contribution in [3.8, 4) is 0 Å². The van der Waals surface area contributed by atoms with Crippen LogP contribution in [0.15, 0.2) is 42.5 Å². The molecule has 0 atom stereocenters. The average Bonchev–Trinajstić information content (AvgIpc) is 2.56. The zero-order valence-electron chi connectivity index (χ0n) is 14.7. The zero-order valence-corrected chi connectivity index (χ0v) is 14.7. The molecular weight excluding hydrogens is 300 g/mol. The maximum absolute atomic E-state index is 12.5. The van der Waals surface area contributed by atoms with Gasteiger partial charge in [-0.15, -0.1) is 0 Å². The fourth-order valence-corrected chi connectivity index (χ4v) is 2.69. The van der Waals surface area contributed by atoms with E-state index in [1.807, 2.05) is 45.9 Å². The van der Waals surface area contributed by atoms with Gasteiger partial charge in [-0.1, -0.05) is 23.8 Å². The second-order valence-corrected chi connectivity index (χ2v) is 5.83. The lowest BCUT2D eigenvalue weighted by Gasteiger charge is -2.19. The third kappa shape index (κ3) is 4.02. The highest BCUT2D eigenvalue weighted by Gasteiger charge is 2.14. The molecule has 0 saturated carbocycles. The molecule has 2 aromatic rings. The van der Waals surface area contributed by atoms with Crippen LogP contribution in [0.4, 0.5) is 5.69 Å². The maximum atomic E-state index is 12.5. The first-order valence-electron chi connectivity index (χ1n) is 8.24. The number of rotatable bonds is 5. The van der Waals surface area contributed by atoms with E-state index in [1.165, 1.54) is 0 Å². The minimum Gasteiger partial charge on any atom is -0.339 e. The van der Waals surface area contributed by atoms with Gasteiger partial charge in [-0.2, -0.15) is 0 Å². The summed E-state index contributed by atoms with van der Waals surface area (Å²) in [6, 6.07) is 12.8. The highest BCUT2D eigenvalue weighted by molar-refractivity contribution is 6.06. The number of amides is 2. The second kappa shape index (κ2) is 7.77. The Morgan fingerprint density at radius 1 is 1.00 bits per heavy atom. The standard InChI is InChI=1S/C20H24N2O2/c1-5-22(6-2)20(24)16-8-7-9-17(13-16)21-19(23)18-11-10-14(3)12-15(18)4/h7-13H,5-6H2,1-4H3,(H,21,23). The number of nitrogens with one attached hydrogen (secondary N) is 1. The number of carbonyl (C=O) groups is 2. The van der Waals surface area contributed by atoms with Crippen molar-refractivity contribution < 1.29 is 9.59 Å². The molecule has 2 amide bonds. The van der Waals surface area contributed by atoms with Gasteiger partial charge in [0.1, 0.15) is 0 Å². The van der Waals surface area contributed by atoms with Gasteiger partial charge in [0.05, 0.1) is 0 Å². The largest absolute Gasteiger partial charge is 0.339 e. The molecule has 0 radical (unpaired) electrons. The summed E-state index contributed by atoms with van der Waals surface area (Å²) in [6.45, 7) is 9.14. The van der Waals surface area contributed by atoms with E-state index in [0.717, 1.165) is 11.1 Å². The molecule has 126 valence electrons. The quantitative estimate of drug-likeness (QED) is 0.902. The van der Waals surface area contributed by atoms with Crippen molar-refractivity contribution in [2.24, 2.45) is 0 Å². The smallest absolute Gasteiger partial charge is 0.255 e. The molecule has 4 heteroatoms. The Kier molecular flexibility index (Phi) is 5.74. The molecule has 24 heavy (non-hydrogen) atoms. The van der Waals surface area contributed by atoms with E-state index in [-0.39, 0.29) is 11.8 Å². The molecule has 4 nitrogen and oxygen atoms in total. The van der Waals surface area contributed by atoms with E-state index in [1.54, 1.807) is 29.2 Å². The molecule has 0 fully saturated rings. The third-order valence-electron chi connectivity index (χ3n) is 4.04. The van der Waals surface area contributed by atoms with Crippen molar-refractivity contribution in [1.29, 1.82) is 0 Å². The number of anilines is 1. The molecule has 0 spiro atoms. The van der Waals surface area contributed by atoms with Crippen LogP contribution >= 0.6 is 0 Å². The molecule has 0 aromatic heterocycles. The molecule has 0 aliphatic rings. The number of benzene rings is 2. The van der Waals surface area contributed by atoms with E-state index in [9.17, 15) is 9.59 Å². The Labute approximate surface area is 143 Å². The first-order valence-corrected chi connectivity index (χ1v) is 8.24. The van der Waals surface area contributed by atoms with Crippen molar-refractivity contribution in [2.75, 3.05) is 18.4 Å². The summed E-state index contributed by atoms with van der Waals surface area (Å²) >= 11 is 0. The first kappa shape index (κ1) is 17.7. The predicted octanol–water partition coefficient (Wildman–Crippen LogP) is 4.04. The molecule has 0 heterocycles. The second-order valence-electron chi connectivity index (χ2n) is 5.83. The van der Waals surface area contributed by atoms with Crippen LogP contribution in [0.5, 0.6) is 0 Å². The summed E-state index contributed by atoms with van der Waals surface area (Å²) in [4.78, 5) is 26.6. The molecular formula is C20H24N2O2. The lowest BCUT2D eigenvalue weighted by atomic mass is 10.0. The SMILES string of the molecule is CCN(CC)C(=O)c1cccc(NC(=O)c2ccc(C)cc2C)c1. The zero-order chi connectivity index (χ0) is 17.7. The number of carbonyl (C=O) groups excluding carboxylic acids is 2. The monoisotopic (exact) mass is 324 g/mol. The fraction of sp³-hybridized carbons (Fsp3) is 0.300. The molecule has 0 bridgehead atoms. The fourth-order valence-electron chi connectivity index (χ4n) is 2.69. The summed E-state index contributed by atoms with van der Waals surface area (Å²) in [5.74, 6) is -0.192. The first-order chi connectivity index (χ1) is 11.5. The van der Waals surface area contributed by atoms with Gasteiger partial charge < -0.3 is 10.2 Å². The number of aryl methyl sites for hydroxylation is 2. The van der Waals surface area contributed by atoms with E-state index in [0.29, 0.717) is 29.9 Å². The lowest BCUT2D eigenvalue weighted by Crippen LogP contribution is -2.30. The van der Waals surface area contributed by atoms with Crippen LogP contribution in [0, 0.1) is 13.8 Å². The minimum absolute atomic E-state index is 0.0254.